The van der Waals surface area contributed by atoms with E-state index in [0.29, 0.717) is 5.69 Å². The van der Waals surface area contributed by atoms with Gasteiger partial charge in [-0.2, -0.15) is 0 Å². The summed E-state index contributed by atoms with van der Waals surface area (Å²) in [5.74, 6) is -0.811. The Morgan fingerprint density at radius 2 is 1.76 bits per heavy atom. The van der Waals surface area contributed by atoms with Gasteiger partial charge in [0.05, 0.1) is 16.8 Å². The molecule has 0 spiro atoms. The van der Waals surface area contributed by atoms with Gasteiger partial charge in [-0.1, -0.05) is 30.3 Å². The summed E-state index contributed by atoms with van der Waals surface area (Å²) in [4.78, 5) is 40.9. The molecule has 2 N–H and O–H groups in total. The fourth-order valence-corrected chi connectivity index (χ4v) is 3.24. The van der Waals surface area contributed by atoms with Crippen molar-refractivity contribution >= 4 is 16.9 Å². The Balaban J connectivity index is 1.73. The van der Waals surface area contributed by atoms with Crippen LogP contribution in [0.25, 0.3) is 16.7 Å². The highest BCUT2D eigenvalue weighted by molar-refractivity contribution is 6.05. The molecule has 29 heavy (non-hydrogen) atoms. The first kappa shape index (κ1) is 18.4. The number of hydrogen-bond donors (Lipinski definition) is 2. The number of aromatic nitrogens is 3. The molecule has 0 aliphatic carbocycles. The van der Waals surface area contributed by atoms with E-state index in [2.05, 4.69) is 10.3 Å². The highest BCUT2D eigenvalue weighted by Crippen LogP contribution is 2.15. The number of fused-ring (bicyclic) bond motifs is 1. The molecule has 2 aromatic carbocycles. The topological polar surface area (TPSA) is 88.9 Å². The second kappa shape index (κ2) is 7.23. The molecular weight excluding hydrogens is 375 g/mol. The molecule has 0 atom stereocenters. The van der Waals surface area contributed by atoms with Crippen LogP contribution in [0.1, 0.15) is 15.9 Å². The predicted molar refractivity (Wildman–Crippen MR) is 107 cm³/mol. The lowest BCUT2D eigenvalue weighted by Crippen LogP contribution is -2.34. The van der Waals surface area contributed by atoms with Crippen LogP contribution in [0.3, 0.4) is 0 Å². The van der Waals surface area contributed by atoms with Crippen LogP contribution in [0.4, 0.5) is 4.39 Å². The number of carbonyl (C=O) groups excluding carboxylic acids is 1. The Morgan fingerprint density at radius 1 is 1.07 bits per heavy atom. The Morgan fingerprint density at radius 3 is 2.45 bits per heavy atom. The van der Waals surface area contributed by atoms with Crippen LogP contribution in [0, 0.1) is 5.82 Å². The van der Waals surface area contributed by atoms with Gasteiger partial charge in [-0.15, -0.1) is 0 Å². The molecule has 1 amide bonds. The van der Waals surface area contributed by atoms with E-state index in [1.54, 1.807) is 49.5 Å². The highest BCUT2D eigenvalue weighted by atomic mass is 19.1. The largest absolute Gasteiger partial charge is 0.348 e. The lowest BCUT2D eigenvalue weighted by Gasteiger charge is -2.06. The summed E-state index contributed by atoms with van der Waals surface area (Å²) in [6.07, 6.45) is 1.50. The first-order valence-corrected chi connectivity index (χ1v) is 8.88. The van der Waals surface area contributed by atoms with Crippen molar-refractivity contribution < 1.29 is 9.18 Å². The number of rotatable bonds is 4. The van der Waals surface area contributed by atoms with Gasteiger partial charge in [0, 0.05) is 19.8 Å². The third-order valence-electron chi connectivity index (χ3n) is 4.65. The smallest absolute Gasteiger partial charge is 0.333 e. The molecule has 2 aromatic heterocycles. The van der Waals surface area contributed by atoms with E-state index in [1.165, 1.54) is 22.9 Å². The number of hydrogen-bond acceptors (Lipinski definition) is 3. The molecule has 0 radical (unpaired) electrons. The number of para-hydroxylation sites is 1. The van der Waals surface area contributed by atoms with Crippen molar-refractivity contribution in [3.8, 4) is 5.69 Å². The number of amides is 1. The Kier molecular flexibility index (Phi) is 4.59. The fourth-order valence-electron chi connectivity index (χ4n) is 3.24. The Bertz CT molecular complexity index is 1320. The summed E-state index contributed by atoms with van der Waals surface area (Å²) in [6, 6.07) is 14.3. The van der Waals surface area contributed by atoms with Gasteiger partial charge >= 0.3 is 5.69 Å². The van der Waals surface area contributed by atoms with E-state index < -0.39 is 17.2 Å². The van der Waals surface area contributed by atoms with Crippen LogP contribution in [-0.2, 0) is 13.6 Å². The Labute approximate surface area is 164 Å². The van der Waals surface area contributed by atoms with E-state index in [1.807, 2.05) is 0 Å². The predicted octanol–water partition coefficient (Wildman–Crippen LogP) is 2.09. The third kappa shape index (κ3) is 3.36. The molecule has 4 rings (SSSR count). The Hall–Kier alpha value is -3.94. The summed E-state index contributed by atoms with van der Waals surface area (Å²) in [5, 5.41) is 2.72. The van der Waals surface area contributed by atoms with Crippen molar-refractivity contribution in [1.82, 2.24) is 19.4 Å². The summed E-state index contributed by atoms with van der Waals surface area (Å²) < 4.78 is 15.5. The van der Waals surface area contributed by atoms with Gasteiger partial charge in [0.1, 0.15) is 11.3 Å². The van der Waals surface area contributed by atoms with E-state index in [0.717, 1.165) is 10.1 Å². The maximum absolute atomic E-state index is 13.0. The lowest BCUT2D eigenvalue weighted by atomic mass is 10.2. The average Bonchev–Trinajstić information content (AvgIpc) is 3.04. The number of halogens is 1. The SMILES string of the molecule is Cn1cc(C(=O)NCc2ccc(F)cc2)c2[nH]c(=O)n(-c3ccccc3)c(=O)c21. The summed E-state index contributed by atoms with van der Waals surface area (Å²) >= 11 is 0. The van der Waals surface area contributed by atoms with E-state index in [4.69, 9.17) is 0 Å². The van der Waals surface area contributed by atoms with Gasteiger partial charge in [-0.25, -0.2) is 13.8 Å². The van der Waals surface area contributed by atoms with E-state index >= 15 is 0 Å². The first-order valence-electron chi connectivity index (χ1n) is 8.88. The van der Waals surface area contributed by atoms with E-state index in [9.17, 15) is 18.8 Å². The number of nitrogens with one attached hydrogen (secondary N) is 2. The molecule has 4 aromatic rings. The molecule has 0 bridgehead atoms. The summed E-state index contributed by atoms with van der Waals surface area (Å²) in [7, 11) is 1.63. The van der Waals surface area contributed by atoms with Gasteiger partial charge in [0.25, 0.3) is 11.5 Å². The maximum atomic E-state index is 13.0. The first-order chi connectivity index (χ1) is 14.0. The number of benzene rings is 2. The van der Waals surface area contributed by atoms with Crippen LogP contribution in [0.15, 0.2) is 70.4 Å². The maximum Gasteiger partial charge on any atom is 0.333 e. The molecule has 0 unspecified atom stereocenters. The van der Waals surface area contributed by atoms with Gasteiger partial charge in [-0.3, -0.25) is 9.59 Å². The third-order valence-corrected chi connectivity index (χ3v) is 4.65. The molecular formula is C21H17FN4O3. The summed E-state index contributed by atoms with van der Waals surface area (Å²) in [6.45, 7) is 0.181. The van der Waals surface area contributed by atoms with Crippen LogP contribution in [0.2, 0.25) is 0 Å². The highest BCUT2D eigenvalue weighted by Gasteiger charge is 2.20. The second-order valence-electron chi connectivity index (χ2n) is 6.59. The van der Waals surface area contributed by atoms with E-state index in [-0.39, 0.29) is 29.0 Å². The number of carbonyl (C=O) groups is 1. The zero-order chi connectivity index (χ0) is 20.5. The fraction of sp³-hybridized carbons (Fsp3) is 0.0952. The van der Waals surface area contributed by atoms with Crippen LogP contribution in [0.5, 0.6) is 0 Å². The minimum absolute atomic E-state index is 0.172. The molecule has 7 nitrogen and oxygen atoms in total. The monoisotopic (exact) mass is 392 g/mol. The zero-order valence-electron chi connectivity index (χ0n) is 15.5. The molecule has 146 valence electrons. The molecule has 0 fully saturated rings. The normalized spacial score (nSPS) is 11.0. The standard InChI is InChI=1S/C21H17FN4O3/c1-25-12-16(19(27)23-11-13-7-9-14(22)10-8-13)17-18(25)20(28)26(21(29)24-17)15-5-3-2-4-6-15/h2-10,12H,11H2,1H3,(H,23,27)(H,24,29). The molecule has 0 saturated heterocycles. The molecule has 0 aliphatic rings. The molecule has 0 aliphatic heterocycles. The molecule has 0 saturated carbocycles. The zero-order valence-corrected chi connectivity index (χ0v) is 15.5. The van der Waals surface area contributed by atoms with Crippen molar-refractivity contribution in [2.45, 2.75) is 6.54 Å². The average molecular weight is 392 g/mol. The van der Waals surface area contributed by atoms with Crippen molar-refractivity contribution in [2.24, 2.45) is 7.05 Å². The van der Waals surface area contributed by atoms with Crippen LogP contribution < -0.4 is 16.6 Å². The number of H-pyrrole nitrogens is 1. The number of nitrogens with zero attached hydrogens (tertiary/aromatic N) is 2. The quantitative estimate of drug-likeness (QED) is 0.557. The number of aryl methyl sites for hydroxylation is 1. The minimum atomic E-state index is -0.632. The lowest BCUT2D eigenvalue weighted by molar-refractivity contribution is 0.0952. The molecule has 8 heteroatoms. The van der Waals surface area contributed by atoms with Crippen molar-refractivity contribution in [3.05, 3.63) is 98.6 Å². The number of aromatic amines is 1. The van der Waals surface area contributed by atoms with Crippen molar-refractivity contribution in [3.63, 3.8) is 0 Å². The van der Waals surface area contributed by atoms with Crippen molar-refractivity contribution in [1.29, 1.82) is 0 Å². The van der Waals surface area contributed by atoms with Gasteiger partial charge in [0.2, 0.25) is 0 Å². The van der Waals surface area contributed by atoms with Gasteiger partial charge in [0.15, 0.2) is 0 Å². The van der Waals surface area contributed by atoms with Gasteiger partial charge < -0.3 is 14.9 Å². The van der Waals surface area contributed by atoms with Gasteiger partial charge in [-0.05, 0) is 29.8 Å². The molecule has 2 heterocycles. The second-order valence-corrected chi connectivity index (χ2v) is 6.59. The van der Waals surface area contributed by atoms with Crippen molar-refractivity contribution in [2.75, 3.05) is 0 Å². The van der Waals surface area contributed by atoms with Crippen LogP contribution >= 0.6 is 0 Å². The summed E-state index contributed by atoms with van der Waals surface area (Å²) in [5.41, 5.74) is 0.567. The van der Waals surface area contributed by atoms with Crippen LogP contribution in [-0.4, -0.2) is 20.0 Å². The minimum Gasteiger partial charge on any atom is -0.348 e.